The Balaban J connectivity index is 2.19. The third kappa shape index (κ3) is 5.23. The summed E-state index contributed by atoms with van der Waals surface area (Å²) in [6.07, 6.45) is 4.12. The molecule has 2 unspecified atom stereocenters. The number of halogens is 1. The van der Waals surface area contributed by atoms with Gasteiger partial charge in [0.25, 0.3) is 0 Å². The molecule has 1 aliphatic heterocycles. The lowest BCUT2D eigenvalue weighted by molar-refractivity contribution is 0.132. The van der Waals surface area contributed by atoms with Crippen molar-refractivity contribution in [3.8, 4) is 6.07 Å². The zero-order chi connectivity index (χ0) is 19.3. The first-order chi connectivity index (χ1) is 12.2. The minimum atomic E-state index is -3.21. The SMILES string of the molecule is CC1CCN(C(=O)NC/C=C/S(C)(=O)=O)C(c2cccc(C#N)c2Cl)C1. The lowest BCUT2D eigenvalue weighted by atomic mass is 9.88. The van der Waals surface area contributed by atoms with Crippen LogP contribution < -0.4 is 5.32 Å². The average Bonchev–Trinajstić information content (AvgIpc) is 2.58. The van der Waals surface area contributed by atoms with Gasteiger partial charge in [-0.1, -0.05) is 36.7 Å². The molecule has 1 saturated heterocycles. The van der Waals surface area contributed by atoms with E-state index in [4.69, 9.17) is 11.6 Å². The van der Waals surface area contributed by atoms with Crippen molar-refractivity contribution in [1.82, 2.24) is 10.2 Å². The number of hydrogen-bond donors (Lipinski definition) is 1. The fourth-order valence-corrected chi connectivity index (χ4v) is 3.78. The van der Waals surface area contributed by atoms with Gasteiger partial charge in [0.15, 0.2) is 9.84 Å². The number of nitrogens with one attached hydrogen (secondary N) is 1. The minimum absolute atomic E-state index is 0.122. The molecule has 0 bridgehead atoms. The van der Waals surface area contributed by atoms with Gasteiger partial charge in [-0.3, -0.25) is 0 Å². The molecule has 1 aliphatic rings. The first-order valence-electron chi connectivity index (χ1n) is 8.32. The van der Waals surface area contributed by atoms with Gasteiger partial charge in [-0.15, -0.1) is 0 Å². The fraction of sp³-hybridized carbons (Fsp3) is 0.444. The third-order valence-electron chi connectivity index (χ3n) is 4.35. The first kappa shape index (κ1) is 20.3. The van der Waals surface area contributed by atoms with Crippen molar-refractivity contribution in [1.29, 1.82) is 5.26 Å². The zero-order valence-corrected chi connectivity index (χ0v) is 16.3. The number of urea groups is 1. The predicted molar refractivity (Wildman–Crippen MR) is 101 cm³/mol. The summed E-state index contributed by atoms with van der Waals surface area (Å²) >= 11 is 6.38. The molecule has 0 aliphatic carbocycles. The summed E-state index contributed by atoms with van der Waals surface area (Å²) in [7, 11) is -3.21. The van der Waals surface area contributed by atoms with Crippen LogP contribution in [0.15, 0.2) is 29.7 Å². The molecular weight excluding hydrogens is 374 g/mol. The molecular formula is C18H22ClN3O3S. The molecule has 0 radical (unpaired) electrons. The van der Waals surface area contributed by atoms with Gasteiger partial charge < -0.3 is 10.2 Å². The summed E-state index contributed by atoms with van der Waals surface area (Å²) < 4.78 is 22.2. The largest absolute Gasteiger partial charge is 0.334 e. The van der Waals surface area contributed by atoms with E-state index in [9.17, 15) is 18.5 Å². The first-order valence-corrected chi connectivity index (χ1v) is 10.7. The Labute approximate surface area is 159 Å². The standard InChI is InChI=1S/C18H22ClN3O3S/c1-13-7-9-22(18(23)21-8-4-10-26(2,24)25)16(11-13)15-6-3-5-14(12-20)17(15)19/h3-6,10,13,16H,7-9,11H2,1-2H3,(H,21,23)/b10-4+. The van der Waals surface area contributed by atoms with Crippen LogP contribution in [0.5, 0.6) is 0 Å². The van der Waals surface area contributed by atoms with Crippen LogP contribution >= 0.6 is 11.6 Å². The molecule has 2 amide bonds. The highest BCUT2D eigenvalue weighted by Gasteiger charge is 2.32. The van der Waals surface area contributed by atoms with Gasteiger partial charge in [-0.2, -0.15) is 5.26 Å². The molecule has 140 valence electrons. The number of nitrogens with zero attached hydrogens (tertiary/aromatic N) is 2. The maximum absolute atomic E-state index is 12.6. The van der Waals surface area contributed by atoms with Crippen LogP contribution in [0.25, 0.3) is 0 Å². The Morgan fingerprint density at radius 2 is 2.23 bits per heavy atom. The number of amides is 2. The molecule has 0 aromatic heterocycles. The van der Waals surface area contributed by atoms with Gasteiger partial charge >= 0.3 is 6.03 Å². The molecule has 1 aromatic rings. The van der Waals surface area contributed by atoms with Crippen LogP contribution in [-0.2, 0) is 9.84 Å². The van der Waals surface area contributed by atoms with Gasteiger partial charge in [0.1, 0.15) is 6.07 Å². The second kappa shape index (κ2) is 8.56. The Bertz CT molecular complexity index is 846. The molecule has 6 nitrogen and oxygen atoms in total. The molecule has 2 atom stereocenters. The zero-order valence-electron chi connectivity index (χ0n) is 14.8. The van der Waals surface area contributed by atoms with Crippen molar-refractivity contribution in [3.63, 3.8) is 0 Å². The van der Waals surface area contributed by atoms with Crippen LogP contribution in [0.3, 0.4) is 0 Å². The Morgan fingerprint density at radius 3 is 2.88 bits per heavy atom. The van der Waals surface area contributed by atoms with Crippen molar-refractivity contribution < 1.29 is 13.2 Å². The van der Waals surface area contributed by atoms with Crippen molar-refractivity contribution in [3.05, 3.63) is 45.8 Å². The molecule has 1 fully saturated rings. The highest BCUT2D eigenvalue weighted by molar-refractivity contribution is 7.93. The number of rotatable bonds is 4. The van der Waals surface area contributed by atoms with E-state index in [1.54, 1.807) is 17.0 Å². The number of likely N-dealkylation sites (tertiary alicyclic amines) is 1. The molecule has 1 N–H and O–H groups in total. The van der Waals surface area contributed by atoms with E-state index < -0.39 is 9.84 Å². The fourth-order valence-electron chi connectivity index (χ4n) is 3.04. The number of carbonyl (C=O) groups excluding carboxylic acids is 1. The average molecular weight is 396 g/mol. The molecule has 1 aromatic carbocycles. The van der Waals surface area contributed by atoms with Gasteiger partial charge in [-0.25, -0.2) is 13.2 Å². The van der Waals surface area contributed by atoms with Gasteiger partial charge in [-0.05, 0) is 30.4 Å². The molecule has 8 heteroatoms. The lowest BCUT2D eigenvalue weighted by Gasteiger charge is -2.39. The number of sulfone groups is 1. The summed E-state index contributed by atoms with van der Waals surface area (Å²) in [6, 6.07) is 6.83. The van der Waals surface area contributed by atoms with Crippen molar-refractivity contribution >= 4 is 27.5 Å². The topological polar surface area (TPSA) is 90.3 Å². The van der Waals surface area contributed by atoms with Crippen LogP contribution in [0.1, 0.15) is 36.9 Å². The van der Waals surface area contributed by atoms with Crippen LogP contribution in [-0.4, -0.2) is 38.7 Å². The number of benzene rings is 1. The summed E-state index contributed by atoms with van der Waals surface area (Å²) in [5.41, 5.74) is 1.15. The normalized spacial score (nSPS) is 20.8. The summed E-state index contributed by atoms with van der Waals surface area (Å²) in [6.45, 7) is 2.82. The van der Waals surface area contributed by atoms with Crippen molar-refractivity contribution in [2.75, 3.05) is 19.3 Å². The maximum atomic E-state index is 12.6. The van der Waals surface area contributed by atoms with Crippen LogP contribution in [0, 0.1) is 17.2 Å². The maximum Gasteiger partial charge on any atom is 0.318 e. The Kier molecular flexibility index (Phi) is 6.68. The van der Waals surface area contributed by atoms with Crippen molar-refractivity contribution in [2.24, 2.45) is 5.92 Å². The Morgan fingerprint density at radius 1 is 1.50 bits per heavy atom. The quantitative estimate of drug-likeness (QED) is 0.847. The number of piperidine rings is 1. The van der Waals surface area contributed by atoms with E-state index in [0.717, 1.165) is 30.1 Å². The Hall–Kier alpha value is -2.04. The molecule has 0 spiro atoms. The van der Waals surface area contributed by atoms with E-state index in [1.165, 1.54) is 6.08 Å². The molecule has 1 heterocycles. The van der Waals surface area contributed by atoms with E-state index in [2.05, 4.69) is 18.3 Å². The van der Waals surface area contributed by atoms with Crippen molar-refractivity contribution in [2.45, 2.75) is 25.8 Å². The monoisotopic (exact) mass is 395 g/mol. The third-order valence-corrected chi connectivity index (χ3v) is 5.46. The number of hydrogen-bond acceptors (Lipinski definition) is 4. The van der Waals surface area contributed by atoms with Gasteiger partial charge in [0, 0.05) is 24.8 Å². The smallest absolute Gasteiger partial charge is 0.318 e. The van der Waals surface area contributed by atoms with E-state index in [1.807, 2.05) is 6.07 Å². The molecule has 2 rings (SSSR count). The number of carbonyl (C=O) groups is 1. The highest BCUT2D eigenvalue weighted by Crippen LogP contribution is 2.38. The van der Waals surface area contributed by atoms with E-state index in [-0.39, 0.29) is 18.6 Å². The molecule has 26 heavy (non-hydrogen) atoms. The second-order valence-electron chi connectivity index (χ2n) is 6.55. The van der Waals surface area contributed by atoms with Gasteiger partial charge in [0.05, 0.1) is 16.6 Å². The number of nitriles is 1. The lowest BCUT2D eigenvalue weighted by Crippen LogP contribution is -2.46. The predicted octanol–water partition coefficient (Wildman–Crippen LogP) is 3.25. The van der Waals surface area contributed by atoms with Gasteiger partial charge in [0.2, 0.25) is 0 Å². The van der Waals surface area contributed by atoms with E-state index >= 15 is 0 Å². The molecule has 0 saturated carbocycles. The summed E-state index contributed by atoms with van der Waals surface area (Å²) in [5.74, 6) is 0.427. The summed E-state index contributed by atoms with van der Waals surface area (Å²) in [4.78, 5) is 14.3. The highest BCUT2D eigenvalue weighted by atomic mass is 35.5. The van der Waals surface area contributed by atoms with Crippen LogP contribution in [0.4, 0.5) is 4.79 Å². The van der Waals surface area contributed by atoms with E-state index in [0.29, 0.717) is 23.0 Å². The minimum Gasteiger partial charge on any atom is -0.334 e. The summed E-state index contributed by atoms with van der Waals surface area (Å²) in [5, 5.41) is 13.4. The van der Waals surface area contributed by atoms with Crippen LogP contribution in [0.2, 0.25) is 5.02 Å². The second-order valence-corrected chi connectivity index (χ2v) is 8.86.